The summed E-state index contributed by atoms with van der Waals surface area (Å²) < 4.78 is 57.4. The molecule has 0 aromatic heterocycles. The molecule has 2 aromatic rings. The van der Waals surface area contributed by atoms with Gasteiger partial charge in [0, 0.05) is 12.6 Å². The van der Waals surface area contributed by atoms with Crippen molar-refractivity contribution in [3.8, 4) is 5.75 Å². The largest absolute Gasteiger partial charge is 0.497 e. The van der Waals surface area contributed by atoms with Gasteiger partial charge in [0.1, 0.15) is 17.4 Å². The van der Waals surface area contributed by atoms with Crippen LogP contribution in [0.5, 0.6) is 5.75 Å². The molecule has 0 amide bonds. The summed E-state index contributed by atoms with van der Waals surface area (Å²) in [5.41, 5.74) is 0.662. The summed E-state index contributed by atoms with van der Waals surface area (Å²) in [6.45, 7) is -0.0162. The van der Waals surface area contributed by atoms with Gasteiger partial charge < -0.3 is 4.74 Å². The standard InChI is InChI=1S/C14H13F2NO3S/c1-20-13-4-2-3-10(5-13)9-17-21(18,19)14-7-11(15)6-12(16)8-14/h2-8,17H,9H2,1H3. The van der Waals surface area contributed by atoms with Crippen molar-refractivity contribution < 1.29 is 21.9 Å². The molecule has 0 saturated carbocycles. The average molecular weight is 313 g/mol. The first-order valence-corrected chi connectivity index (χ1v) is 7.48. The van der Waals surface area contributed by atoms with Gasteiger partial charge >= 0.3 is 0 Å². The Balaban J connectivity index is 2.17. The average Bonchev–Trinajstić information content (AvgIpc) is 2.44. The topological polar surface area (TPSA) is 55.4 Å². The number of benzene rings is 2. The lowest BCUT2D eigenvalue weighted by Gasteiger charge is -2.08. The predicted molar refractivity (Wildman–Crippen MR) is 73.4 cm³/mol. The number of halogens is 2. The molecule has 0 heterocycles. The Bertz CT molecular complexity index is 727. The third-order valence-electron chi connectivity index (χ3n) is 2.75. The predicted octanol–water partition coefficient (Wildman–Crippen LogP) is 2.45. The Labute approximate surface area is 121 Å². The zero-order valence-electron chi connectivity index (χ0n) is 11.1. The van der Waals surface area contributed by atoms with Crippen LogP contribution in [-0.4, -0.2) is 15.5 Å². The summed E-state index contributed by atoms with van der Waals surface area (Å²) in [4.78, 5) is -0.456. The Hall–Kier alpha value is -1.99. The Morgan fingerprint density at radius 3 is 2.38 bits per heavy atom. The van der Waals surface area contributed by atoms with Gasteiger partial charge in [-0.25, -0.2) is 21.9 Å². The van der Waals surface area contributed by atoms with E-state index in [9.17, 15) is 17.2 Å². The van der Waals surface area contributed by atoms with Crippen molar-refractivity contribution in [3.63, 3.8) is 0 Å². The van der Waals surface area contributed by atoms with E-state index in [1.807, 2.05) is 0 Å². The molecule has 0 radical (unpaired) electrons. The van der Waals surface area contributed by atoms with Crippen molar-refractivity contribution >= 4 is 10.0 Å². The first kappa shape index (κ1) is 15.4. The fourth-order valence-corrected chi connectivity index (χ4v) is 2.79. The number of hydrogen-bond acceptors (Lipinski definition) is 3. The minimum absolute atomic E-state index is 0.0162. The number of nitrogens with one attached hydrogen (secondary N) is 1. The molecule has 0 unspecified atom stereocenters. The lowest BCUT2D eigenvalue weighted by atomic mass is 10.2. The SMILES string of the molecule is COc1cccc(CNS(=O)(=O)c2cc(F)cc(F)c2)c1. The van der Waals surface area contributed by atoms with Gasteiger partial charge in [0.2, 0.25) is 10.0 Å². The number of rotatable bonds is 5. The maximum Gasteiger partial charge on any atom is 0.241 e. The van der Waals surface area contributed by atoms with Gasteiger partial charge in [0.15, 0.2) is 0 Å². The van der Waals surface area contributed by atoms with Crippen LogP contribution in [0.25, 0.3) is 0 Å². The zero-order valence-corrected chi connectivity index (χ0v) is 12.0. The molecule has 21 heavy (non-hydrogen) atoms. The number of ether oxygens (including phenoxy) is 1. The van der Waals surface area contributed by atoms with E-state index in [1.54, 1.807) is 24.3 Å². The summed E-state index contributed by atoms with van der Waals surface area (Å²) in [6.07, 6.45) is 0. The highest BCUT2D eigenvalue weighted by Gasteiger charge is 2.16. The van der Waals surface area contributed by atoms with Gasteiger partial charge in [-0.3, -0.25) is 0 Å². The molecule has 0 spiro atoms. The number of sulfonamides is 1. The molecule has 0 bridgehead atoms. The monoisotopic (exact) mass is 313 g/mol. The summed E-state index contributed by atoms with van der Waals surface area (Å²) in [7, 11) is -2.50. The molecule has 112 valence electrons. The van der Waals surface area contributed by atoms with E-state index in [-0.39, 0.29) is 6.54 Å². The van der Waals surface area contributed by atoms with E-state index < -0.39 is 26.6 Å². The van der Waals surface area contributed by atoms with Gasteiger partial charge in [-0.15, -0.1) is 0 Å². The molecule has 0 aliphatic rings. The van der Waals surface area contributed by atoms with E-state index in [2.05, 4.69) is 4.72 Å². The van der Waals surface area contributed by atoms with E-state index in [4.69, 9.17) is 4.74 Å². The van der Waals surface area contributed by atoms with Crippen molar-refractivity contribution in [2.24, 2.45) is 0 Å². The van der Waals surface area contributed by atoms with Gasteiger partial charge in [0.05, 0.1) is 12.0 Å². The lowest BCUT2D eigenvalue weighted by molar-refractivity contribution is 0.414. The number of methoxy groups -OCH3 is 1. The highest BCUT2D eigenvalue weighted by atomic mass is 32.2. The molecule has 7 heteroatoms. The van der Waals surface area contributed by atoms with E-state index in [0.29, 0.717) is 17.4 Å². The zero-order chi connectivity index (χ0) is 15.5. The van der Waals surface area contributed by atoms with E-state index in [0.717, 1.165) is 12.1 Å². The van der Waals surface area contributed by atoms with Gasteiger partial charge in [0.25, 0.3) is 0 Å². The lowest BCUT2D eigenvalue weighted by Crippen LogP contribution is -2.23. The molecular formula is C14H13F2NO3S. The van der Waals surface area contributed by atoms with E-state index in [1.165, 1.54) is 7.11 Å². The first-order chi connectivity index (χ1) is 9.90. The highest BCUT2D eigenvalue weighted by molar-refractivity contribution is 7.89. The molecule has 1 N–H and O–H groups in total. The first-order valence-electron chi connectivity index (χ1n) is 5.99. The molecule has 2 rings (SSSR count). The minimum Gasteiger partial charge on any atom is -0.497 e. The second kappa shape index (κ2) is 6.19. The molecule has 0 aliphatic carbocycles. The van der Waals surface area contributed by atoms with Crippen molar-refractivity contribution in [1.29, 1.82) is 0 Å². The van der Waals surface area contributed by atoms with E-state index >= 15 is 0 Å². The molecule has 0 saturated heterocycles. The van der Waals surface area contributed by atoms with Crippen LogP contribution < -0.4 is 9.46 Å². The van der Waals surface area contributed by atoms with Crippen molar-refractivity contribution in [2.45, 2.75) is 11.4 Å². The Morgan fingerprint density at radius 1 is 1.10 bits per heavy atom. The summed E-state index contributed by atoms with van der Waals surface area (Å²) >= 11 is 0. The Kier molecular flexibility index (Phi) is 4.54. The summed E-state index contributed by atoms with van der Waals surface area (Å²) in [5, 5.41) is 0. The normalized spacial score (nSPS) is 11.4. The van der Waals surface area contributed by atoms with Crippen LogP contribution in [0.3, 0.4) is 0 Å². The highest BCUT2D eigenvalue weighted by Crippen LogP contribution is 2.16. The maximum atomic E-state index is 13.1. The fraction of sp³-hybridized carbons (Fsp3) is 0.143. The van der Waals surface area contributed by atoms with Crippen LogP contribution in [0.15, 0.2) is 47.4 Å². The van der Waals surface area contributed by atoms with Gasteiger partial charge in [-0.05, 0) is 29.8 Å². The van der Waals surface area contributed by atoms with Gasteiger partial charge in [-0.2, -0.15) is 0 Å². The fourth-order valence-electron chi connectivity index (χ4n) is 1.73. The van der Waals surface area contributed by atoms with Gasteiger partial charge in [-0.1, -0.05) is 12.1 Å². The van der Waals surface area contributed by atoms with Crippen LogP contribution in [0.1, 0.15) is 5.56 Å². The van der Waals surface area contributed by atoms with Crippen LogP contribution >= 0.6 is 0 Å². The van der Waals surface area contributed by atoms with Crippen molar-refractivity contribution in [2.75, 3.05) is 7.11 Å². The molecule has 2 aromatic carbocycles. The maximum absolute atomic E-state index is 13.1. The van der Waals surface area contributed by atoms with Crippen LogP contribution in [0, 0.1) is 11.6 Å². The molecular weight excluding hydrogens is 300 g/mol. The number of hydrogen-bond donors (Lipinski definition) is 1. The Morgan fingerprint density at radius 2 is 1.76 bits per heavy atom. The summed E-state index contributed by atoms with van der Waals surface area (Å²) in [5.74, 6) is -1.31. The van der Waals surface area contributed by atoms with Crippen LogP contribution in [0.2, 0.25) is 0 Å². The summed E-state index contributed by atoms with van der Waals surface area (Å²) in [6, 6.07) is 8.94. The smallest absolute Gasteiger partial charge is 0.241 e. The van der Waals surface area contributed by atoms with Crippen LogP contribution in [0.4, 0.5) is 8.78 Å². The van der Waals surface area contributed by atoms with Crippen molar-refractivity contribution in [3.05, 3.63) is 59.7 Å². The third kappa shape index (κ3) is 3.99. The quantitative estimate of drug-likeness (QED) is 0.922. The molecule has 0 fully saturated rings. The minimum atomic E-state index is -3.99. The molecule has 4 nitrogen and oxygen atoms in total. The second-order valence-corrected chi connectivity index (χ2v) is 6.05. The second-order valence-electron chi connectivity index (χ2n) is 4.28. The van der Waals surface area contributed by atoms with Crippen LogP contribution in [-0.2, 0) is 16.6 Å². The molecule has 0 aliphatic heterocycles. The molecule has 0 atom stereocenters. The van der Waals surface area contributed by atoms with Crippen molar-refractivity contribution in [1.82, 2.24) is 4.72 Å². The third-order valence-corrected chi connectivity index (χ3v) is 4.13.